The monoisotopic (exact) mass is 252 g/mol. The summed E-state index contributed by atoms with van der Waals surface area (Å²) in [6, 6.07) is 0. The summed E-state index contributed by atoms with van der Waals surface area (Å²) in [4.78, 5) is 34.8. The van der Waals surface area contributed by atoms with Crippen LogP contribution in [0, 0.1) is 10.8 Å². The van der Waals surface area contributed by atoms with E-state index in [1.54, 1.807) is 0 Å². The molecular formula is C14H20O4. The summed E-state index contributed by atoms with van der Waals surface area (Å²) in [5.74, 6) is 0.228. The summed E-state index contributed by atoms with van der Waals surface area (Å²) in [6.45, 7) is 6.24. The molecule has 2 aliphatic carbocycles. The molecule has 3 fully saturated rings. The highest BCUT2D eigenvalue weighted by atomic mass is 17.2. The highest BCUT2D eigenvalue weighted by Crippen LogP contribution is 2.64. The van der Waals surface area contributed by atoms with E-state index in [4.69, 9.17) is 9.78 Å². The van der Waals surface area contributed by atoms with Gasteiger partial charge in [0.2, 0.25) is 0 Å². The van der Waals surface area contributed by atoms with Gasteiger partial charge in [0.25, 0.3) is 0 Å². The number of Topliss-reactive ketones (excluding diaryl/α,β-unsaturated/α-hetero) is 2. The van der Waals surface area contributed by atoms with Crippen molar-refractivity contribution in [3.63, 3.8) is 0 Å². The van der Waals surface area contributed by atoms with E-state index in [0.717, 1.165) is 12.8 Å². The fraction of sp³-hybridized carbons (Fsp3) is 0.857. The van der Waals surface area contributed by atoms with Gasteiger partial charge in [-0.05, 0) is 31.6 Å². The Labute approximate surface area is 107 Å². The van der Waals surface area contributed by atoms with E-state index in [1.807, 2.05) is 6.92 Å². The molecular weight excluding hydrogens is 232 g/mol. The van der Waals surface area contributed by atoms with Gasteiger partial charge in [-0.3, -0.25) is 9.59 Å². The molecule has 0 amide bonds. The zero-order chi connectivity index (χ0) is 13.2. The van der Waals surface area contributed by atoms with Crippen LogP contribution in [0.4, 0.5) is 0 Å². The van der Waals surface area contributed by atoms with E-state index >= 15 is 0 Å². The Bertz CT molecular complexity index is 428. The third-order valence-corrected chi connectivity index (χ3v) is 5.74. The first-order valence-electron chi connectivity index (χ1n) is 6.73. The van der Waals surface area contributed by atoms with Crippen molar-refractivity contribution < 1.29 is 19.4 Å². The van der Waals surface area contributed by atoms with Gasteiger partial charge in [0, 0.05) is 18.3 Å². The average Bonchev–Trinajstić information content (AvgIpc) is 2.33. The van der Waals surface area contributed by atoms with Gasteiger partial charge in [0.05, 0.1) is 0 Å². The van der Waals surface area contributed by atoms with Crippen molar-refractivity contribution in [2.75, 3.05) is 0 Å². The number of fused-ring (bicyclic) bond motifs is 1. The Kier molecular flexibility index (Phi) is 2.34. The van der Waals surface area contributed by atoms with E-state index in [9.17, 15) is 9.59 Å². The number of carbonyl (C=O) groups is 2. The minimum Gasteiger partial charge on any atom is -0.297 e. The van der Waals surface area contributed by atoms with Crippen molar-refractivity contribution in [2.24, 2.45) is 10.8 Å². The van der Waals surface area contributed by atoms with Crippen LogP contribution in [0.25, 0.3) is 0 Å². The van der Waals surface area contributed by atoms with Crippen molar-refractivity contribution >= 4 is 11.6 Å². The highest BCUT2D eigenvalue weighted by Gasteiger charge is 2.68. The van der Waals surface area contributed by atoms with Crippen LogP contribution in [-0.2, 0) is 19.4 Å². The van der Waals surface area contributed by atoms with Crippen LogP contribution in [0.5, 0.6) is 0 Å². The number of rotatable bonds is 0. The molecule has 0 N–H and O–H groups in total. The number of hydrogen-bond acceptors (Lipinski definition) is 4. The second-order valence-corrected chi connectivity index (χ2v) is 6.76. The fourth-order valence-electron chi connectivity index (χ4n) is 4.26. The van der Waals surface area contributed by atoms with Crippen LogP contribution >= 0.6 is 0 Å². The Hall–Kier alpha value is -0.740. The predicted octanol–water partition coefficient (Wildman–Crippen LogP) is 2.20. The first-order chi connectivity index (χ1) is 8.32. The van der Waals surface area contributed by atoms with Crippen LogP contribution in [0.1, 0.15) is 52.9 Å². The Morgan fingerprint density at radius 3 is 2.56 bits per heavy atom. The molecule has 0 radical (unpaired) electrons. The van der Waals surface area contributed by atoms with Gasteiger partial charge in [-0.1, -0.05) is 13.8 Å². The first-order valence-corrected chi connectivity index (χ1v) is 6.73. The fourth-order valence-corrected chi connectivity index (χ4v) is 4.26. The Balaban J connectivity index is 2.11. The molecule has 1 heterocycles. The molecule has 0 aromatic rings. The molecule has 18 heavy (non-hydrogen) atoms. The predicted molar refractivity (Wildman–Crippen MR) is 63.7 cm³/mol. The maximum absolute atomic E-state index is 12.3. The maximum Gasteiger partial charge on any atom is 0.168 e. The van der Waals surface area contributed by atoms with Gasteiger partial charge < -0.3 is 0 Å². The van der Waals surface area contributed by atoms with Gasteiger partial charge >= 0.3 is 0 Å². The van der Waals surface area contributed by atoms with E-state index in [1.165, 1.54) is 0 Å². The summed E-state index contributed by atoms with van der Waals surface area (Å²) in [5.41, 5.74) is -1.14. The van der Waals surface area contributed by atoms with Crippen molar-refractivity contribution in [1.29, 1.82) is 0 Å². The number of carbonyl (C=O) groups excluding carboxylic acids is 2. The van der Waals surface area contributed by atoms with E-state index in [2.05, 4.69) is 13.8 Å². The third kappa shape index (κ3) is 1.23. The van der Waals surface area contributed by atoms with Crippen LogP contribution in [0.3, 0.4) is 0 Å². The molecule has 1 spiro atoms. The molecule has 4 heteroatoms. The van der Waals surface area contributed by atoms with Crippen LogP contribution < -0.4 is 0 Å². The summed E-state index contributed by atoms with van der Waals surface area (Å²) in [5, 5.41) is 0. The molecule has 1 aliphatic heterocycles. The minimum absolute atomic E-state index is 0.00160. The maximum atomic E-state index is 12.3. The molecule has 4 nitrogen and oxygen atoms in total. The van der Waals surface area contributed by atoms with Crippen molar-refractivity contribution in [3.8, 4) is 0 Å². The van der Waals surface area contributed by atoms with Crippen LogP contribution in [-0.4, -0.2) is 23.3 Å². The quantitative estimate of drug-likeness (QED) is 0.620. The molecule has 3 rings (SSSR count). The molecule has 0 aromatic heterocycles. The van der Waals surface area contributed by atoms with Gasteiger partial charge in [-0.25, -0.2) is 9.78 Å². The normalized spacial score (nSPS) is 46.7. The lowest BCUT2D eigenvalue weighted by Crippen LogP contribution is -2.69. The molecule has 0 unspecified atom stereocenters. The van der Waals surface area contributed by atoms with Gasteiger partial charge in [-0.2, -0.15) is 0 Å². The van der Waals surface area contributed by atoms with Gasteiger partial charge in [0.15, 0.2) is 23.3 Å². The zero-order valence-electron chi connectivity index (χ0n) is 11.2. The third-order valence-electron chi connectivity index (χ3n) is 5.74. The summed E-state index contributed by atoms with van der Waals surface area (Å²) >= 11 is 0. The first kappa shape index (κ1) is 12.3. The minimum atomic E-state index is -0.883. The topological polar surface area (TPSA) is 52.6 Å². The molecule has 2 bridgehead atoms. The highest BCUT2D eigenvalue weighted by molar-refractivity contribution is 5.91. The number of hydrogen-bond donors (Lipinski definition) is 0. The van der Waals surface area contributed by atoms with Crippen molar-refractivity contribution in [2.45, 2.75) is 64.6 Å². The largest absolute Gasteiger partial charge is 0.297 e. The van der Waals surface area contributed by atoms with E-state index in [-0.39, 0.29) is 22.4 Å². The Morgan fingerprint density at radius 1 is 1.11 bits per heavy atom. The SMILES string of the molecule is CC1(C)CCC(=O)[C@]2(C)OO[C@@H]3C[C@@]12CCC3=O. The van der Waals surface area contributed by atoms with E-state index in [0.29, 0.717) is 19.3 Å². The molecule has 100 valence electrons. The number of ketones is 2. The lowest BCUT2D eigenvalue weighted by atomic mass is 9.45. The lowest BCUT2D eigenvalue weighted by molar-refractivity contribution is -0.435. The standard InChI is InChI=1S/C14H20O4/c1-12(2)6-5-11(16)13(3)14(12)7-4-9(15)10(8-14)17-18-13/h10H,4-8H2,1-3H3/t10-,13+,14+/m1/s1. The van der Waals surface area contributed by atoms with E-state index < -0.39 is 11.7 Å². The molecule has 0 aromatic carbocycles. The van der Waals surface area contributed by atoms with Crippen LogP contribution in [0.2, 0.25) is 0 Å². The van der Waals surface area contributed by atoms with Crippen molar-refractivity contribution in [3.05, 3.63) is 0 Å². The molecule has 1 saturated heterocycles. The molecule has 2 saturated carbocycles. The summed E-state index contributed by atoms with van der Waals surface area (Å²) in [7, 11) is 0. The van der Waals surface area contributed by atoms with Gasteiger partial charge in [0.1, 0.15) is 0 Å². The van der Waals surface area contributed by atoms with Gasteiger partial charge in [-0.15, -0.1) is 0 Å². The lowest BCUT2D eigenvalue weighted by Gasteiger charge is -2.62. The zero-order valence-corrected chi connectivity index (χ0v) is 11.2. The smallest absolute Gasteiger partial charge is 0.168 e. The van der Waals surface area contributed by atoms with Crippen molar-refractivity contribution in [1.82, 2.24) is 0 Å². The second-order valence-electron chi connectivity index (χ2n) is 6.76. The second kappa shape index (κ2) is 3.42. The van der Waals surface area contributed by atoms with Crippen LogP contribution in [0.15, 0.2) is 0 Å². The molecule has 3 aliphatic rings. The summed E-state index contributed by atoms with van der Waals surface area (Å²) in [6.07, 6.45) is 2.79. The Morgan fingerprint density at radius 2 is 1.83 bits per heavy atom. The average molecular weight is 252 g/mol. The summed E-state index contributed by atoms with van der Waals surface area (Å²) < 4.78 is 0. The molecule has 3 atom stereocenters.